The Morgan fingerprint density at radius 2 is 1.73 bits per heavy atom. The number of anilines is 1. The lowest BCUT2D eigenvalue weighted by molar-refractivity contribution is -0.271. The van der Waals surface area contributed by atoms with Gasteiger partial charge in [0.25, 0.3) is 0 Å². The highest BCUT2D eigenvalue weighted by Gasteiger charge is 2.48. The number of nitrogens with zero attached hydrogens (tertiary/aromatic N) is 1. The maximum absolute atomic E-state index is 11.4. The van der Waals surface area contributed by atoms with E-state index in [1.165, 1.54) is 23.5 Å². The number of aliphatic hydroxyl groups is 3. The molecule has 5 atom stereocenters. The number of fused-ring (bicyclic) bond motifs is 1. The van der Waals surface area contributed by atoms with Gasteiger partial charge >= 0.3 is 5.97 Å². The molecule has 2 aromatic carbocycles. The lowest BCUT2D eigenvalue weighted by Gasteiger charge is -2.38. The largest absolute Gasteiger partial charge is 0.479 e. The molecule has 0 aliphatic carbocycles. The fraction of sp³-hybridized carbons (Fsp3) is 0.391. The van der Waals surface area contributed by atoms with Crippen molar-refractivity contribution < 1.29 is 43.1 Å². The van der Waals surface area contributed by atoms with Gasteiger partial charge in [-0.3, -0.25) is 0 Å². The molecular weight excluding hydrogens is 526 g/mol. The van der Waals surface area contributed by atoms with Crippen LogP contribution in [0.4, 0.5) is 5.13 Å². The number of hydrogen-bond acceptors (Lipinski definition) is 11. The minimum absolute atomic E-state index is 0.0225. The Kier molecular flexibility index (Phi) is 7.45. The number of aliphatic carboxylic acids is 1. The molecule has 0 radical (unpaired) electrons. The lowest BCUT2D eigenvalue weighted by atomic mass is 9.98. The molecule has 0 spiro atoms. The number of benzene rings is 2. The first-order valence-corrected chi connectivity index (χ1v) is 13.5. The highest BCUT2D eigenvalue weighted by atomic mass is 32.2. The first-order valence-electron chi connectivity index (χ1n) is 11.1. The molecule has 4 rings (SSSR count). The topological polar surface area (TPSA) is 202 Å². The van der Waals surface area contributed by atoms with E-state index in [1.54, 1.807) is 26.0 Å². The second kappa shape index (κ2) is 10.1. The summed E-state index contributed by atoms with van der Waals surface area (Å²) in [5, 5.41) is 48.7. The van der Waals surface area contributed by atoms with Gasteiger partial charge in [-0.15, -0.1) is 0 Å². The van der Waals surface area contributed by atoms with Gasteiger partial charge in [0.2, 0.25) is 16.3 Å². The Bertz CT molecular complexity index is 1440. The number of rotatable bonds is 7. The minimum atomic E-state index is -3.77. The fourth-order valence-electron chi connectivity index (χ4n) is 4.05. The van der Waals surface area contributed by atoms with Gasteiger partial charge < -0.3 is 35.2 Å². The predicted molar refractivity (Wildman–Crippen MR) is 134 cm³/mol. The summed E-state index contributed by atoms with van der Waals surface area (Å²) >= 11 is 1.35. The summed E-state index contributed by atoms with van der Waals surface area (Å²) in [4.78, 5) is 16.1. The Hall–Kier alpha value is -2.85. The summed E-state index contributed by atoms with van der Waals surface area (Å²) in [6, 6.07) is 6.16. The molecule has 0 amide bonds. The number of aromatic nitrogens is 1. The number of sulfonamides is 1. The molecule has 1 fully saturated rings. The zero-order chi connectivity index (χ0) is 27.2. The molecule has 0 saturated carbocycles. The van der Waals surface area contributed by atoms with E-state index in [2.05, 4.69) is 10.3 Å². The summed E-state index contributed by atoms with van der Waals surface area (Å²) in [6.45, 7) is 5.79. The average Bonchev–Trinajstić information content (AvgIpc) is 3.28. The van der Waals surface area contributed by atoms with Gasteiger partial charge in [-0.1, -0.05) is 23.5 Å². The molecule has 37 heavy (non-hydrogen) atoms. The number of carboxylic acids is 1. The number of nitrogens with two attached hydrogens (primary N) is 1. The normalized spacial score (nSPS) is 24.2. The van der Waals surface area contributed by atoms with E-state index in [-0.39, 0.29) is 4.90 Å². The number of aliphatic hydroxyl groups excluding tert-OH is 3. The van der Waals surface area contributed by atoms with Gasteiger partial charge in [0.1, 0.15) is 24.1 Å². The van der Waals surface area contributed by atoms with Crippen LogP contribution < -0.4 is 15.2 Å². The molecule has 14 heteroatoms. The average molecular weight is 554 g/mol. The highest BCUT2D eigenvalue weighted by Crippen LogP contribution is 2.40. The van der Waals surface area contributed by atoms with Gasteiger partial charge in [-0.25, -0.2) is 23.3 Å². The number of ether oxygens (including phenoxy) is 2. The molecule has 1 aliphatic heterocycles. The quantitative estimate of drug-likeness (QED) is 0.241. The third-order valence-corrected chi connectivity index (χ3v) is 8.37. The molecule has 1 aromatic heterocycles. The highest BCUT2D eigenvalue weighted by molar-refractivity contribution is 7.89. The van der Waals surface area contributed by atoms with E-state index >= 15 is 0 Å². The first-order chi connectivity index (χ1) is 17.3. The van der Waals surface area contributed by atoms with Crippen LogP contribution in [0.3, 0.4) is 0 Å². The smallest absolute Gasteiger partial charge is 0.335 e. The second-order valence-electron chi connectivity index (χ2n) is 8.80. The second-order valence-corrected chi connectivity index (χ2v) is 11.4. The van der Waals surface area contributed by atoms with Crippen LogP contribution in [0.25, 0.3) is 10.2 Å². The fourth-order valence-corrected chi connectivity index (χ4v) is 5.58. The molecule has 2 heterocycles. The number of thiazole rings is 1. The van der Waals surface area contributed by atoms with Crippen molar-refractivity contribution in [3.05, 3.63) is 46.5 Å². The Morgan fingerprint density at radius 1 is 1.08 bits per heavy atom. The van der Waals surface area contributed by atoms with Crippen LogP contribution in [0.15, 0.2) is 29.2 Å². The summed E-state index contributed by atoms with van der Waals surface area (Å²) < 4.78 is 34.8. The summed E-state index contributed by atoms with van der Waals surface area (Å²) in [5.41, 5.74) is 3.69. The van der Waals surface area contributed by atoms with E-state index in [0.717, 1.165) is 21.3 Å². The lowest BCUT2D eigenvalue weighted by Crippen LogP contribution is -2.61. The maximum Gasteiger partial charge on any atom is 0.335 e. The monoisotopic (exact) mass is 553 g/mol. The number of hydrogen-bond donors (Lipinski definition) is 6. The van der Waals surface area contributed by atoms with Crippen molar-refractivity contribution in [3.8, 4) is 5.75 Å². The third kappa shape index (κ3) is 5.27. The molecule has 1 saturated heterocycles. The first kappa shape index (κ1) is 27.2. The van der Waals surface area contributed by atoms with Crippen LogP contribution in [0, 0.1) is 20.8 Å². The molecule has 1 aliphatic rings. The van der Waals surface area contributed by atoms with E-state index in [1.807, 2.05) is 6.92 Å². The van der Waals surface area contributed by atoms with E-state index in [0.29, 0.717) is 28.6 Å². The number of nitrogens with one attached hydrogen (secondary N) is 1. The van der Waals surface area contributed by atoms with Crippen LogP contribution in [0.1, 0.15) is 22.3 Å². The van der Waals surface area contributed by atoms with Crippen molar-refractivity contribution >= 4 is 42.7 Å². The summed E-state index contributed by atoms with van der Waals surface area (Å²) in [6.07, 6.45) is -8.57. The zero-order valence-electron chi connectivity index (χ0n) is 20.1. The van der Waals surface area contributed by atoms with Crippen LogP contribution in [-0.2, 0) is 26.1 Å². The van der Waals surface area contributed by atoms with Crippen molar-refractivity contribution in [1.29, 1.82) is 0 Å². The molecular formula is C23H27N3O9S2. The number of primary sulfonamides is 1. The van der Waals surface area contributed by atoms with Crippen LogP contribution in [0.2, 0.25) is 0 Å². The number of aryl methyl sites for hydroxylation is 2. The van der Waals surface area contributed by atoms with Crippen molar-refractivity contribution in [1.82, 2.24) is 4.98 Å². The molecule has 200 valence electrons. The van der Waals surface area contributed by atoms with Crippen LogP contribution in [-0.4, -0.2) is 70.5 Å². The van der Waals surface area contributed by atoms with Crippen molar-refractivity contribution in [2.45, 2.75) is 62.9 Å². The van der Waals surface area contributed by atoms with E-state index < -0.39 is 46.7 Å². The van der Waals surface area contributed by atoms with E-state index in [9.17, 15) is 33.6 Å². The molecule has 0 bridgehead atoms. The molecule has 0 unspecified atom stereocenters. The minimum Gasteiger partial charge on any atom is -0.479 e. The Balaban J connectivity index is 1.59. The number of carboxylic acid groups (broad SMARTS) is 1. The maximum atomic E-state index is 11.4. The summed E-state index contributed by atoms with van der Waals surface area (Å²) in [7, 11) is -3.77. The van der Waals surface area contributed by atoms with Gasteiger partial charge in [0.15, 0.2) is 11.2 Å². The Morgan fingerprint density at radius 3 is 2.32 bits per heavy atom. The van der Waals surface area contributed by atoms with E-state index in [4.69, 9.17) is 14.6 Å². The van der Waals surface area contributed by atoms with Crippen LogP contribution in [0.5, 0.6) is 5.75 Å². The summed E-state index contributed by atoms with van der Waals surface area (Å²) in [5.74, 6) is -1.15. The Labute approximate surface area is 216 Å². The van der Waals surface area contributed by atoms with Crippen LogP contribution >= 0.6 is 11.3 Å². The van der Waals surface area contributed by atoms with Gasteiger partial charge in [-0.05, 0) is 49.6 Å². The molecule has 3 aromatic rings. The standard InChI is InChI=1S/C23H27N3O9S2/c1-9-10(2)18(34-22-17(29)15(27)16(28)19(35-22)21(30)31)11(3)20-14(9)26-23(36-20)25-8-12-4-6-13(7-5-12)37(24,32)33/h4-7,15-17,19,22,27-29H,8H2,1-3H3,(H,25,26)(H,30,31)(H2,24,32,33)/t15-,16-,17+,19-,22+/m0/s1. The molecule has 7 N–H and O–H groups in total. The van der Waals surface area contributed by atoms with Gasteiger partial charge in [-0.2, -0.15) is 0 Å². The van der Waals surface area contributed by atoms with Crippen molar-refractivity contribution in [3.63, 3.8) is 0 Å². The van der Waals surface area contributed by atoms with Gasteiger partial charge in [0.05, 0.1) is 15.1 Å². The van der Waals surface area contributed by atoms with Crippen molar-refractivity contribution in [2.24, 2.45) is 5.14 Å². The van der Waals surface area contributed by atoms with Gasteiger partial charge in [0, 0.05) is 12.1 Å². The predicted octanol–water partition coefficient (Wildman–Crippen LogP) is 0.752. The third-order valence-electron chi connectivity index (χ3n) is 6.31. The SMILES string of the molecule is Cc1c(O[C@@H]2O[C@H](C(=O)O)[C@@H](O)[C@H](O)[C@H]2O)c(C)c2sc(NCc3ccc(S(N)(=O)=O)cc3)nc2c1C. The van der Waals surface area contributed by atoms with Crippen molar-refractivity contribution in [2.75, 3.05) is 5.32 Å². The zero-order valence-corrected chi connectivity index (χ0v) is 21.7. The number of carbonyl (C=O) groups is 1. The molecule has 12 nitrogen and oxygen atoms in total.